The second-order valence-corrected chi connectivity index (χ2v) is 4.70. The number of fused-ring (bicyclic) bond motifs is 1. The minimum atomic E-state index is -4.49. The smallest absolute Gasteiger partial charge is 0.338 e. The van der Waals surface area contributed by atoms with Gasteiger partial charge in [0.1, 0.15) is 5.82 Å². The molecule has 0 spiro atoms. The van der Waals surface area contributed by atoms with Crippen molar-refractivity contribution in [3.63, 3.8) is 0 Å². The Morgan fingerprint density at radius 2 is 1.80 bits per heavy atom. The quantitative estimate of drug-likeness (QED) is 0.679. The molecule has 2 aromatic carbocycles. The fraction of sp³-hybridized carbons (Fsp3) is 0.0714. The van der Waals surface area contributed by atoms with E-state index in [0.717, 1.165) is 11.6 Å². The van der Waals surface area contributed by atoms with Crippen LogP contribution in [0.2, 0.25) is 5.02 Å². The Kier molecular flexibility index (Phi) is 2.94. The molecule has 0 unspecified atom stereocenters. The molecule has 3 rings (SSSR count). The van der Waals surface area contributed by atoms with E-state index in [1.807, 2.05) is 18.2 Å². The average Bonchev–Trinajstić information content (AvgIpc) is 2.81. The van der Waals surface area contributed by atoms with Crippen LogP contribution < -0.4 is 0 Å². The summed E-state index contributed by atoms with van der Waals surface area (Å²) < 4.78 is 38.5. The number of benzene rings is 2. The van der Waals surface area contributed by atoms with E-state index in [-0.39, 0.29) is 5.02 Å². The van der Waals surface area contributed by atoms with Crippen molar-refractivity contribution in [1.29, 1.82) is 0 Å². The number of alkyl halides is 3. The van der Waals surface area contributed by atoms with E-state index in [1.165, 1.54) is 12.1 Å². The number of aromatic nitrogens is 2. The van der Waals surface area contributed by atoms with Gasteiger partial charge in [0.2, 0.25) is 0 Å². The molecular weight excluding hydrogens is 289 g/mol. The van der Waals surface area contributed by atoms with Crippen LogP contribution in [0.3, 0.4) is 0 Å². The molecule has 0 fully saturated rings. The summed E-state index contributed by atoms with van der Waals surface area (Å²) in [6, 6.07) is 11.0. The predicted molar refractivity (Wildman–Crippen MR) is 71.5 cm³/mol. The van der Waals surface area contributed by atoms with Crippen molar-refractivity contribution < 1.29 is 13.2 Å². The third kappa shape index (κ3) is 2.25. The third-order valence-corrected chi connectivity index (χ3v) is 3.26. The molecule has 0 radical (unpaired) electrons. The van der Waals surface area contributed by atoms with Crippen LogP contribution in [0.25, 0.3) is 22.4 Å². The summed E-state index contributed by atoms with van der Waals surface area (Å²) in [4.78, 5) is 7.26. The second-order valence-electron chi connectivity index (χ2n) is 4.29. The van der Waals surface area contributed by atoms with Gasteiger partial charge in [0, 0.05) is 5.56 Å². The predicted octanol–water partition coefficient (Wildman–Crippen LogP) is 4.90. The van der Waals surface area contributed by atoms with Gasteiger partial charge in [-0.3, -0.25) is 0 Å². The van der Waals surface area contributed by atoms with E-state index in [2.05, 4.69) is 9.97 Å². The normalized spacial score (nSPS) is 12.0. The van der Waals surface area contributed by atoms with Crippen LogP contribution in [-0.2, 0) is 6.18 Å². The summed E-state index contributed by atoms with van der Waals surface area (Å²) >= 11 is 5.60. The molecule has 0 atom stereocenters. The Balaban J connectivity index is 2.14. The second kappa shape index (κ2) is 4.52. The first-order valence-corrected chi connectivity index (χ1v) is 6.15. The fourth-order valence-corrected chi connectivity index (χ4v) is 2.20. The van der Waals surface area contributed by atoms with Crippen LogP contribution in [0.5, 0.6) is 0 Å². The highest BCUT2D eigenvalue weighted by Crippen LogP contribution is 2.36. The number of nitrogens with one attached hydrogen (secondary N) is 1. The lowest BCUT2D eigenvalue weighted by molar-refractivity contribution is -0.137. The van der Waals surface area contributed by atoms with E-state index in [4.69, 9.17) is 11.6 Å². The third-order valence-electron chi connectivity index (χ3n) is 2.93. The minimum Gasteiger partial charge on any atom is -0.338 e. The zero-order valence-electron chi connectivity index (χ0n) is 10.0. The van der Waals surface area contributed by atoms with E-state index in [1.54, 1.807) is 6.07 Å². The lowest BCUT2D eigenvalue weighted by Gasteiger charge is -2.09. The maximum atomic E-state index is 12.8. The molecule has 0 saturated carbocycles. The molecule has 6 heteroatoms. The molecule has 0 bridgehead atoms. The maximum absolute atomic E-state index is 12.8. The highest BCUT2D eigenvalue weighted by atomic mass is 35.5. The standard InChI is InChI=1S/C14H8ClF3N2/c15-10-6-5-8(7-9(10)14(16,17)18)13-19-11-3-1-2-4-12(11)20-13/h1-7H,(H,19,20). The number of para-hydroxylation sites is 2. The largest absolute Gasteiger partial charge is 0.417 e. The SMILES string of the molecule is FC(F)(F)c1cc(-c2nc3ccccc3[nH]2)ccc1Cl. The summed E-state index contributed by atoms with van der Waals surface area (Å²) in [5.41, 5.74) is 0.951. The van der Waals surface area contributed by atoms with Gasteiger partial charge in [-0.1, -0.05) is 23.7 Å². The first kappa shape index (κ1) is 13.0. The molecule has 1 aromatic heterocycles. The molecule has 0 aliphatic heterocycles. The summed E-state index contributed by atoms with van der Waals surface area (Å²) in [5, 5.41) is -0.322. The van der Waals surface area contributed by atoms with Crippen molar-refractivity contribution in [2.75, 3.05) is 0 Å². The summed E-state index contributed by atoms with van der Waals surface area (Å²) in [6.45, 7) is 0. The lowest BCUT2D eigenvalue weighted by Crippen LogP contribution is -2.06. The van der Waals surface area contributed by atoms with Gasteiger partial charge in [-0.15, -0.1) is 0 Å². The highest BCUT2D eigenvalue weighted by Gasteiger charge is 2.33. The lowest BCUT2D eigenvalue weighted by atomic mass is 10.1. The number of rotatable bonds is 1. The number of aromatic amines is 1. The van der Waals surface area contributed by atoms with Crippen molar-refractivity contribution in [3.8, 4) is 11.4 Å². The first-order valence-electron chi connectivity index (χ1n) is 5.77. The zero-order chi connectivity index (χ0) is 14.3. The molecule has 3 aromatic rings. The number of nitrogens with zero attached hydrogens (tertiary/aromatic N) is 1. The first-order chi connectivity index (χ1) is 9.45. The van der Waals surface area contributed by atoms with Gasteiger partial charge in [-0.25, -0.2) is 4.98 Å². The molecule has 1 N–H and O–H groups in total. The van der Waals surface area contributed by atoms with Crippen molar-refractivity contribution in [2.24, 2.45) is 0 Å². The van der Waals surface area contributed by atoms with Gasteiger partial charge in [0.25, 0.3) is 0 Å². The number of halogens is 4. The van der Waals surface area contributed by atoms with Gasteiger partial charge in [-0.05, 0) is 30.3 Å². The van der Waals surface area contributed by atoms with Crippen LogP contribution in [0.1, 0.15) is 5.56 Å². The Labute approximate surface area is 117 Å². The number of imidazole rings is 1. The Morgan fingerprint density at radius 1 is 1.05 bits per heavy atom. The molecule has 2 nitrogen and oxygen atoms in total. The average molecular weight is 297 g/mol. The molecular formula is C14H8ClF3N2. The number of H-pyrrole nitrogens is 1. The molecule has 0 amide bonds. The van der Waals surface area contributed by atoms with Crippen LogP contribution in [0.15, 0.2) is 42.5 Å². The summed E-state index contributed by atoms with van der Waals surface area (Å²) in [7, 11) is 0. The van der Waals surface area contributed by atoms with Crippen molar-refractivity contribution in [3.05, 3.63) is 53.1 Å². The van der Waals surface area contributed by atoms with Gasteiger partial charge < -0.3 is 4.98 Å². The molecule has 102 valence electrons. The van der Waals surface area contributed by atoms with Crippen LogP contribution >= 0.6 is 11.6 Å². The molecule has 0 aliphatic carbocycles. The van der Waals surface area contributed by atoms with Crippen LogP contribution in [0.4, 0.5) is 13.2 Å². The minimum absolute atomic E-state index is 0.322. The molecule has 0 saturated heterocycles. The fourth-order valence-electron chi connectivity index (χ4n) is 1.98. The van der Waals surface area contributed by atoms with Gasteiger partial charge in [-0.2, -0.15) is 13.2 Å². The Bertz CT molecular complexity index is 744. The van der Waals surface area contributed by atoms with Gasteiger partial charge >= 0.3 is 6.18 Å². The van der Waals surface area contributed by atoms with E-state index < -0.39 is 11.7 Å². The van der Waals surface area contributed by atoms with Crippen molar-refractivity contribution >= 4 is 22.6 Å². The van der Waals surface area contributed by atoms with E-state index in [0.29, 0.717) is 16.9 Å². The molecule has 0 aliphatic rings. The zero-order valence-corrected chi connectivity index (χ0v) is 10.8. The monoisotopic (exact) mass is 296 g/mol. The van der Waals surface area contributed by atoms with Crippen LogP contribution in [0, 0.1) is 0 Å². The maximum Gasteiger partial charge on any atom is 0.417 e. The highest BCUT2D eigenvalue weighted by molar-refractivity contribution is 6.31. The van der Waals surface area contributed by atoms with E-state index in [9.17, 15) is 13.2 Å². The Hall–Kier alpha value is -2.01. The van der Waals surface area contributed by atoms with Gasteiger partial charge in [0.15, 0.2) is 0 Å². The summed E-state index contributed by atoms with van der Waals surface area (Å²) in [5.74, 6) is 0.383. The number of hydrogen-bond acceptors (Lipinski definition) is 1. The number of hydrogen-bond donors (Lipinski definition) is 1. The van der Waals surface area contributed by atoms with Crippen LogP contribution in [-0.4, -0.2) is 9.97 Å². The Morgan fingerprint density at radius 3 is 2.50 bits per heavy atom. The topological polar surface area (TPSA) is 28.7 Å². The van der Waals surface area contributed by atoms with E-state index >= 15 is 0 Å². The van der Waals surface area contributed by atoms with Crippen molar-refractivity contribution in [2.45, 2.75) is 6.18 Å². The molecule has 20 heavy (non-hydrogen) atoms. The summed E-state index contributed by atoms with van der Waals surface area (Å²) in [6.07, 6.45) is -4.49. The van der Waals surface area contributed by atoms with Gasteiger partial charge in [0.05, 0.1) is 21.6 Å². The van der Waals surface area contributed by atoms with Crippen molar-refractivity contribution in [1.82, 2.24) is 9.97 Å². The molecule has 1 heterocycles.